The van der Waals surface area contributed by atoms with Crippen molar-refractivity contribution in [3.8, 4) is 0 Å². The molecule has 1 aromatic heterocycles. The van der Waals surface area contributed by atoms with Crippen molar-refractivity contribution in [1.29, 1.82) is 0 Å². The fourth-order valence-electron chi connectivity index (χ4n) is 3.16. The summed E-state index contributed by atoms with van der Waals surface area (Å²) in [5, 5.41) is 3.34. The van der Waals surface area contributed by atoms with Crippen LogP contribution in [0.5, 0.6) is 0 Å². The lowest BCUT2D eigenvalue weighted by atomic mass is 10.1. The second kappa shape index (κ2) is 6.68. The molecule has 136 valence electrons. The number of para-hydroxylation sites is 1. The zero-order valence-electron chi connectivity index (χ0n) is 14.1. The minimum Gasteiger partial charge on any atom is -0.422 e. The summed E-state index contributed by atoms with van der Waals surface area (Å²) in [6.07, 6.45) is 0.0992. The maximum atomic E-state index is 13.1. The minimum absolute atomic E-state index is 0.0992. The molecular formula is C20H15FN2O4. The SMILES string of the molecule is O=C(N[C@H]1CC(=O)N(c2ccc(F)cc2)C1)c1cc2ccccc2oc1=O. The van der Waals surface area contributed by atoms with Crippen molar-refractivity contribution in [2.75, 3.05) is 11.4 Å². The van der Waals surface area contributed by atoms with Gasteiger partial charge in [-0.2, -0.15) is 0 Å². The number of amides is 2. The smallest absolute Gasteiger partial charge is 0.349 e. The van der Waals surface area contributed by atoms with Crippen LogP contribution < -0.4 is 15.8 Å². The van der Waals surface area contributed by atoms with Gasteiger partial charge >= 0.3 is 5.63 Å². The monoisotopic (exact) mass is 366 g/mol. The fraction of sp³-hybridized carbons (Fsp3) is 0.150. The minimum atomic E-state index is -0.731. The highest BCUT2D eigenvalue weighted by Crippen LogP contribution is 2.22. The molecule has 1 saturated heterocycles. The molecule has 6 nitrogen and oxygen atoms in total. The highest BCUT2D eigenvalue weighted by atomic mass is 19.1. The van der Waals surface area contributed by atoms with Crippen LogP contribution >= 0.6 is 0 Å². The van der Waals surface area contributed by atoms with Gasteiger partial charge < -0.3 is 14.6 Å². The van der Waals surface area contributed by atoms with Gasteiger partial charge in [0.25, 0.3) is 5.91 Å². The lowest BCUT2D eigenvalue weighted by molar-refractivity contribution is -0.117. The first-order chi connectivity index (χ1) is 13.0. The van der Waals surface area contributed by atoms with Gasteiger partial charge in [0.15, 0.2) is 0 Å². The van der Waals surface area contributed by atoms with Crippen molar-refractivity contribution >= 4 is 28.5 Å². The average molecular weight is 366 g/mol. The van der Waals surface area contributed by atoms with Crippen molar-refractivity contribution in [2.45, 2.75) is 12.5 Å². The molecule has 2 amide bonds. The van der Waals surface area contributed by atoms with E-state index in [1.54, 1.807) is 24.3 Å². The molecule has 0 spiro atoms. The van der Waals surface area contributed by atoms with Crippen LogP contribution in [0.3, 0.4) is 0 Å². The second-order valence-corrected chi connectivity index (χ2v) is 6.34. The molecule has 1 aliphatic rings. The molecule has 1 aliphatic heterocycles. The van der Waals surface area contributed by atoms with Crippen LogP contribution in [-0.2, 0) is 4.79 Å². The number of nitrogens with zero attached hydrogens (tertiary/aromatic N) is 1. The number of hydrogen-bond acceptors (Lipinski definition) is 4. The Morgan fingerprint density at radius 2 is 1.85 bits per heavy atom. The van der Waals surface area contributed by atoms with E-state index in [1.807, 2.05) is 0 Å². The Balaban J connectivity index is 1.52. The lowest BCUT2D eigenvalue weighted by Gasteiger charge is -2.17. The third-order valence-corrected chi connectivity index (χ3v) is 4.48. The summed E-state index contributed by atoms with van der Waals surface area (Å²) in [6, 6.07) is 13.5. The predicted molar refractivity (Wildman–Crippen MR) is 97.1 cm³/mol. The molecule has 1 fully saturated rings. The summed E-state index contributed by atoms with van der Waals surface area (Å²) in [5.74, 6) is -1.16. The Hall–Kier alpha value is -3.48. The molecule has 0 bridgehead atoms. The first kappa shape index (κ1) is 17.0. The van der Waals surface area contributed by atoms with Gasteiger partial charge in [0, 0.05) is 24.0 Å². The lowest BCUT2D eigenvalue weighted by Crippen LogP contribution is -2.39. The van der Waals surface area contributed by atoms with Crippen LogP contribution in [0.2, 0.25) is 0 Å². The average Bonchev–Trinajstić information content (AvgIpc) is 3.01. The summed E-state index contributed by atoms with van der Waals surface area (Å²) in [6.45, 7) is 0.245. The Morgan fingerprint density at radius 1 is 1.11 bits per heavy atom. The van der Waals surface area contributed by atoms with E-state index in [4.69, 9.17) is 4.42 Å². The van der Waals surface area contributed by atoms with Gasteiger partial charge in [-0.3, -0.25) is 9.59 Å². The van der Waals surface area contributed by atoms with E-state index < -0.39 is 23.4 Å². The van der Waals surface area contributed by atoms with E-state index in [9.17, 15) is 18.8 Å². The second-order valence-electron chi connectivity index (χ2n) is 6.34. The van der Waals surface area contributed by atoms with Crippen molar-refractivity contribution in [3.63, 3.8) is 0 Å². The quantitative estimate of drug-likeness (QED) is 0.722. The number of nitrogens with one attached hydrogen (secondary N) is 1. The van der Waals surface area contributed by atoms with E-state index in [0.29, 0.717) is 16.7 Å². The Kier molecular flexibility index (Phi) is 4.19. The zero-order valence-corrected chi connectivity index (χ0v) is 14.1. The molecule has 1 atom stereocenters. The molecule has 0 unspecified atom stereocenters. The van der Waals surface area contributed by atoms with Gasteiger partial charge in [0.1, 0.15) is 17.0 Å². The molecule has 0 radical (unpaired) electrons. The van der Waals surface area contributed by atoms with E-state index in [0.717, 1.165) is 0 Å². The summed E-state index contributed by atoms with van der Waals surface area (Å²) in [4.78, 5) is 38.3. The predicted octanol–water partition coefficient (Wildman–Crippen LogP) is 2.47. The van der Waals surface area contributed by atoms with E-state index >= 15 is 0 Å². The number of anilines is 1. The molecule has 27 heavy (non-hydrogen) atoms. The summed E-state index contributed by atoms with van der Waals surface area (Å²) in [7, 11) is 0. The van der Waals surface area contributed by atoms with Crippen molar-refractivity contribution in [2.24, 2.45) is 0 Å². The van der Waals surface area contributed by atoms with E-state index in [2.05, 4.69) is 5.32 Å². The number of carbonyl (C=O) groups is 2. The van der Waals surface area contributed by atoms with Crippen LogP contribution in [0.4, 0.5) is 10.1 Å². The van der Waals surface area contributed by atoms with Gasteiger partial charge in [-0.15, -0.1) is 0 Å². The van der Waals surface area contributed by atoms with Crippen LogP contribution in [0.15, 0.2) is 63.8 Å². The fourth-order valence-corrected chi connectivity index (χ4v) is 3.16. The molecule has 7 heteroatoms. The molecule has 0 saturated carbocycles. The molecule has 2 aromatic carbocycles. The highest BCUT2D eigenvalue weighted by Gasteiger charge is 2.32. The summed E-state index contributed by atoms with van der Waals surface area (Å²) < 4.78 is 18.2. The summed E-state index contributed by atoms with van der Waals surface area (Å²) in [5.41, 5.74) is 0.119. The van der Waals surface area contributed by atoms with Crippen molar-refractivity contribution < 1.29 is 18.4 Å². The molecule has 0 aliphatic carbocycles. The van der Waals surface area contributed by atoms with Gasteiger partial charge in [0.05, 0.1) is 6.04 Å². The van der Waals surface area contributed by atoms with Gasteiger partial charge in [-0.05, 0) is 36.4 Å². The zero-order chi connectivity index (χ0) is 19.0. The molecule has 3 aromatic rings. The number of hydrogen-bond donors (Lipinski definition) is 1. The normalized spacial score (nSPS) is 16.7. The molecule has 2 heterocycles. The third kappa shape index (κ3) is 3.31. The molecular weight excluding hydrogens is 351 g/mol. The standard InChI is InChI=1S/C20H15FN2O4/c21-13-5-7-15(8-6-13)23-11-14(10-18(23)24)22-19(25)16-9-12-3-1-2-4-17(12)27-20(16)26/h1-9,14H,10-11H2,(H,22,25)/t14-/m0/s1. The molecule has 1 N–H and O–H groups in total. The Bertz CT molecular complexity index is 1090. The van der Waals surface area contributed by atoms with Crippen LogP contribution in [-0.4, -0.2) is 24.4 Å². The van der Waals surface area contributed by atoms with Gasteiger partial charge in [-0.1, -0.05) is 18.2 Å². The first-order valence-corrected chi connectivity index (χ1v) is 8.41. The Labute approximate surface area is 153 Å². The van der Waals surface area contributed by atoms with E-state index in [1.165, 1.54) is 35.2 Å². The maximum absolute atomic E-state index is 13.1. The maximum Gasteiger partial charge on any atom is 0.349 e. The van der Waals surface area contributed by atoms with Crippen LogP contribution in [0.1, 0.15) is 16.8 Å². The third-order valence-electron chi connectivity index (χ3n) is 4.48. The number of halogens is 1. The van der Waals surface area contributed by atoms with E-state index in [-0.39, 0.29) is 24.4 Å². The first-order valence-electron chi connectivity index (χ1n) is 8.41. The number of fused-ring (bicyclic) bond motifs is 1. The van der Waals surface area contributed by atoms with Crippen molar-refractivity contribution in [3.05, 3.63) is 76.4 Å². The van der Waals surface area contributed by atoms with Crippen molar-refractivity contribution in [1.82, 2.24) is 5.32 Å². The molecule has 4 rings (SSSR count). The van der Waals surface area contributed by atoms with Crippen LogP contribution in [0, 0.1) is 5.82 Å². The van der Waals surface area contributed by atoms with Crippen LogP contribution in [0.25, 0.3) is 11.0 Å². The number of rotatable bonds is 3. The number of carbonyl (C=O) groups excluding carboxylic acids is 2. The summed E-state index contributed by atoms with van der Waals surface area (Å²) >= 11 is 0. The largest absolute Gasteiger partial charge is 0.422 e. The Morgan fingerprint density at radius 3 is 2.63 bits per heavy atom. The van der Waals surface area contributed by atoms with Gasteiger partial charge in [-0.25, -0.2) is 9.18 Å². The highest BCUT2D eigenvalue weighted by molar-refractivity contribution is 5.99. The van der Waals surface area contributed by atoms with Gasteiger partial charge in [0.2, 0.25) is 5.91 Å². The topological polar surface area (TPSA) is 79.6 Å². The number of benzene rings is 2.